The maximum Gasteiger partial charge on any atom is 0.410 e. The van der Waals surface area contributed by atoms with E-state index in [9.17, 15) is 9.59 Å². The van der Waals surface area contributed by atoms with E-state index in [1.165, 1.54) is 0 Å². The van der Waals surface area contributed by atoms with E-state index >= 15 is 0 Å². The average Bonchev–Trinajstić information content (AvgIpc) is 3.21. The highest BCUT2D eigenvalue weighted by molar-refractivity contribution is 6.31. The summed E-state index contributed by atoms with van der Waals surface area (Å²) in [5, 5.41) is 6.94. The van der Waals surface area contributed by atoms with Crippen molar-refractivity contribution in [2.45, 2.75) is 97.1 Å². The van der Waals surface area contributed by atoms with Crippen molar-refractivity contribution < 1.29 is 14.3 Å². The smallest absolute Gasteiger partial charge is 0.410 e. The van der Waals surface area contributed by atoms with E-state index in [0.717, 1.165) is 55.1 Å². The monoisotopic (exact) mass is 528 g/mol. The molecule has 9 heteroatoms. The van der Waals surface area contributed by atoms with Crippen LogP contribution < -0.4 is 5.56 Å². The molecule has 2 aliphatic rings. The molecule has 2 aromatic heterocycles. The van der Waals surface area contributed by atoms with Crippen LogP contribution in [0.1, 0.15) is 77.6 Å². The minimum absolute atomic E-state index is 0.0213. The number of ether oxygens (including phenoxy) is 2. The molecule has 2 fully saturated rings. The number of carbonyl (C=O) groups excluding carboxylic acids is 1. The number of hydrogen-bond acceptors (Lipinski definition) is 5. The summed E-state index contributed by atoms with van der Waals surface area (Å²) in [6.07, 6.45) is 6.15. The quantitative estimate of drug-likeness (QED) is 0.403. The number of piperidine rings is 1. The van der Waals surface area contributed by atoms with Crippen LogP contribution in [0.15, 0.2) is 23.0 Å². The molecule has 0 saturated carbocycles. The van der Waals surface area contributed by atoms with E-state index in [-0.39, 0.29) is 23.9 Å². The third kappa shape index (κ3) is 5.23. The number of halogens is 1. The fraction of sp³-hybridized carbons (Fsp3) is 0.607. The number of amides is 1. The number of aryl methyl sites for hydroxylation is 2. The Morgan fingerprint density at radius 1 is 1.19 bits per heavy atom. The molecular formula is C28H37ClN4O4. The number of pyridine rings is 1. The van der Waals surface area contributed by atoms with Gasteiger partial charge in [-0.3, -0.25) is 4.79 Å². The minimum Gasteiger partial charge on any atom is -0.444 e. The number of carbonyl (C=O) groups is 1. The fourth-order valence-corrected chi connectivity index (χ4v) is 5.87. The number of fused-ring (bicyclic) bond motifs is 3. The van der Waals surface area contributed by atoms with Crippen molar-refractivity contribution in [2.24, 2.45) is 0 Å². The maximum absolute atomic E-state index is 14.0. The fourth-order valence-electron chi connectivity index (χ4n) is 5.70. The highest BCUT2D eigenvalue weighted by Gasteiger charge is 2.31. The molecule has 0 bridgehead atoms. The van der Waals surface area contributed by atoms with Crippen molar-refractivity contribution in [1.82, 2.24) is 19.2 Å². The first-order valence-corrected chi connectivity index (χ1v) is 13.8. The normalized spacial score (nSPS) is 21.1. The summed E-state index contributed by atoms with van der Waals surface area (Å²) < 4.78 is 15.4. The second-order valence-electron chi connectivity index (χ2n) is 11.3. The average molecular weight is 529 g/mol. The van der Waals surface area contributed by atoms with Gasteiger partial charge in [-0.15, -0.1) is 0 Å². The third-order valence-corrected chi connectivity index (χ3v) is 7.72. The molecule has 0 spiro atoms. The van der Waals surface area contributed by atoms with Gasteiger partial charge < -0.3 is 18.9 Å². The van der Waals surface area contributed by atoms with E-state index in [2.05, 4.69) is 0 Å². The van der Waals surface area contributed by atoms with Crippen LogP contribution in [0.2, 0.25) is 5.02 Å². The summed E-state index contributed by atoms with van der Waals surface area (Å²) in [6.45, 7) is 9.47. The second-order valence-corrected chi connectivity index (χ2v) is 11.7. The Labute approximate surface area is 222 Å². The molecule has 2 saturated heterocycles. The van der Waals surface area contributed by atoms with Gasteiger partial charge in [-0.05, 0) is 90.8 Å². The molecule has 2 atom stereocenters. The standard InChI is InChI=1S/C28H37ClN4O4/c1-18-24-25(30-33(18)23-10-6-8-16-36-23)21-17-19(29)11-12-22(21)32(26(24)34)15-13-20-9-5-7-14-31(20)27(35)37-28(2,3)4/h11-12,17,20,23H,5-10,13-16H2,1-4H3. The van der Waals surface area contributed by atoms with E-state index < -0.39 is 5.60 Å². The molecule has 0 N–H and O–H groups in total. The first-order chi connectivity index (χ1) is 17.6. The lowest BCUT2D eigenvalue weighted by molar-refractivity contribution is -0.0402. The first-order valence-electron chi connectivity index (χ1n) is 13.5. The Kier molecular flexibility index (Phi) is 7.24. The molecular weight excluding hydrogens is 492 g/mol. The van der Waals surface area contributed by atoms with Crippen molar-refractivity contribution >= 4 is 39.5 Å². The SMILES string of the molecule is Cc1c2c(=O)n(CCC3CCCCN3C(=O)OC(C)(C)C)c3ccc(Cl)cc3c2nn1C1CCCCO1. The lowest BCUT2D eigenvalue weighted by Gasteiger charge is -2.37. The van der Waals surface area contributed by atoms with Crippen LogP contribution in [-0.4, -0.2) is 50.1 Å². The van der Waals surface area contributed by atoms with Crippen molar-refractivity contribution in [3.8, 4) is 0 Å². The lowest BCUT2D eigenvalue weighted by Crippen LogP contribution is -2.46. The number of aromatic nitrogens is 3. The van der Waals surface area contributed by atoms with Gasteiger partial charge in [0, 0.05) is 36.1 Å². The van der Waals surface area contributed by atoms with Gasteiger partial charge in [0.15, 0.2) is 0 Å². The molecule has 1 aromatic carbocycles. The zero-order valence-corrected chi connectivity index (χ0v) is 23.0. The Hall–Kier alpha value is -2.58. The van der Waals surface area contributed by atoms with Crippen molar-refractivity contribution in [2.75, 3.05) is 13.2 Å². The zero-order chi connectivity index (χ0) is 26.3. The van der Waals surface area contributed by atoms with Crippen LogP contribution in [0.5, 0.6) is 0 Å². The van der Waals surface area contributed by atoms with Gasteiger partial charge in [-0.2, -0.15) is 5.10 Å². The maximum atomic E-state index is 14.0. The topological polar surface area (TPSA) is 78.6 Å². The largest absolute Gasteiger partial charge is 0.444 e. The summed E-state index contributed by atoms with van der Waals surface area (Å²) in [6, 6.07) is 5.62. The molecule has 4 heterocycles. The molecule has 1 amide bonds. The van der Waals surface area contributed by atoms with E-state index in [0.29, 0.717) is 42.0 Å². The summed E-state index contributed by atoms with van der Waals surface area (Å²) in [5.74, 6) is 0. The molecule has 2 aliphatic heterocycles. The number of hydrogen-bond donors (Lipinski definition) is 0. The molecule has 0 aliphatic carbocycles. The molecule has 5 rings (SSSR count). The molecule has 8 nitrogen and oxygen atoms in total. The van der Waals surface area contributed by atoms with Gasteiger partial charge in [0.05, 0.1) is 16.6 Å². The molecule has 2 unspecified atom stereocenters. The highest BCUT2D eigenvalue weighted by Crippen LogP contribution is 2.31. The molecule has 37 heavy (non-hydrogen) atoms. The van der Waals surface area contributed by atoms with Crippen LogP contribution in [0.4, 0.5) is 4.79 Å². The van der Waals surface area contributed by atoms with E-state index in [4.69, 9.17) is 26.2 Å². The lowest BCUT2D eigenvalue weighted by atomic mass is 9.99. The number of rotatable bonds is 4. The Morgan fingerprint density at radius 3 is 2.70 bits per heavy atom. The summed E-state index contributed by atoms with van der Waals surface area (Å²) >= 11 is 6.41. The van der Waals surface area contributed by atoms with Gasteiger partial charge in [-0.25, -0.2) is 9.48 Å². The van der Waals surface area contributed by atoms with Crippen LogP contribution in [-0.2, 0) is 16.0 Å². The summed E-state index contributed by atoms with van der Waals surface area (Å²) in [7, 11) is 0. The highest BCUT2D eigenvalue weighted by atomic mass is 35.5. The van der Waals surface area contributed by atoms with Crippen LogP contribution in [0.25, 0.3) is 21.8 Å². The van der Waals surface area contributed by atoms with Gasteiger partial charge in [0.2, 0.25) is 0 Å². The van der Waals surface area contributed by atoms with Crippen molar-refractivity contribution in [1.29, 1.82) is 0 Å². The van der Waals surface area contributed by atoms with E-state index in [1.54, 1.807) is 0 Å². The van der Waals surface area contributed by atoms with Gasteiger partial charge in [0.25, 0.3) is 5.56 Å². The van der Waals surface area contributed by atoms with Crippen LogP contribution in [0.3, 0.4) is 0 Å². The molecule has 200 valence electrons. The zero-order valence-electron chi connectivity index (χ0n) is 22.3. The Morgan fingerprint density at radius 2 is 1.97 bits per heavy atom. The van der Waals surface area contributed by atoms with Crippen molar-refractivity contribution in [3.63, 3.8) is 0 Å². The Balaban J connectivity index is 1.52. The predicted octanol–water partition coefficient (Wildman–Crippen LogP) is 6.19. The number of benzene rings is 1. The third-order valence-electron chi connectivity index (χ3n) is 7.48. The summed E-state index contributed by atoms with van der Waals surface area (Å²) in [5.41, 5.74) is 1.67. The first kappa shape index (κ1) is 26.0. The van der Waals surface area contributed by atoms with Gasteiger partial charge in [-0.1, -0.05) is 11.6 Å². The summed E-state index contributed by atoms with van der Waals surface area (Å²) in [4.78, 5) is 28.7. The Bertz CT molecular complexity index is 1370. The van der Waals surface area contributed by atoms with Crippen LogP contribution >= 0.6 is 11.6 Å². The van der Waals surface area contributed by atoms with Crippen LogP contribution in [0, 0.1) is 6.92 Å². The van der Waals surface area contributed by atoms with Crippen molar-refractivity contribution in [3.05, 3.63) is 39.3 Å². The second kappa shape index (κ2) is 10.3. The minimum atomic E-state index is -0.545. The van der Waals surface area contributed by atoms with Gasteiger partial charge in [0.1, 0.15) is 17.3 Å². The molecule has 3 aromatic rings. The number of nitrogens with zero attached hydrogens (tertiary/aromatic N) is 4. The van der Waals surface area contributed by atoms with E-state index in [1.807, 2.05) is 60.0 Å². The number of likely N-dealkylation sites (tertiary alicyclic amines) is 1. The predicted molar refractivity (Wildman–Crippen MR) is 145 cm³/mol. The van der Waals surface area contributed by atoms with Gasteiger partial charge >= 0.3 is 6.09 Å². The molecule has 0 radical (unpaired) electrons.